The topological polar surface area (TPSA) is 115 Å². The molecule has 4 aromatic rings. The van der Waals surface area contributed by atoms with Gasteiger partial charge in [0.05, 0.1) is 19.1 Å². The number of aliphatic hydroxyl groups excluding tert-OH is 1. The molecule has 0 radical (unpaired) electrons. The molecule has 0 saturated heterocycles. The molecule has 3 aromatic carbocycles. The fourth-order valence-corrected chi connectivity index (χ4v) is 4.13. The minimum absolute atomic E-state index is 0.0541. The van der Waals surface area contributed by atoms with Gasteiger partial charge in [-0.3, -0.25) is 9.59 Å². The number of fused-ring (bicyclic) bond motifs is 1. The zero-order valence-electron chi connectivity index (χ0n) is 19.7. The number of benzene rings is 3. The van der Waals surface area contributed by atoms with Crippen LogP contribution in [-0.2, 0) is 17.8 Å². The number of rotatable bonds is 10. The Morgan fingerprint density at radius 1 is 1.03 bits per heavy atom. The molecule has 0 aliphatic heterocycles. The van der Waals surface area contributed by atoms with E-state index in [1.54, 1.807) is 7.11 Å². The molecule has 0 spiro atoms. The largest absolute Gasteiger partial charge is 0.497 e. The molecule has 0 saturated carbocycles. The molecule has 9 heteroatoms. The highest BCUT2D eigenvalue weighted by molar-refractivity contribution is 5.77. The molecule has 2 atom stereocenters. The van der Waals surface area contributed by atoms with Crippen LogP contribution in [0.2, 0.25) is 0 Å². The van der Waals surface area contributed by atoms with Gasteiger partial charge in [-0.2, -0.15) is 0 Å². The van der Waals surface area contributed by atoms with E-state index in [9.17, 15) is 24.2 Å². The summed E-state index contributed by atoms with van der Waals surface area (Å²) in [7, 11) is 1.62. The smallest absolute Gasteiger partial charge is 0.309 e. The van der Waals surface area contributed by atoms with Crippen molar-refractivity contribution >= 4 is 16.9 Å². The van der Waals surface area contributed by atoms with E-state index in [0.29, 0.717) is 6.42 Å². The van der Waals surface area contributed by atoms with Crippen molar-refractivity contribution in [3.05, 3.63) is 88.5 Å². The number of ether oxygens (including phenoxy) is 1. The molecule has 0 amide bonds. The second kappa shape index (κ2) is 11.1. The minimum atomic E-state index is -1.18. The summed E-state index contributed by atoms with van der Waals surface area (Å²) in [5.41, 5.74) is 2.48. The number of nitrogens with zero attached hydrogens (tertiary/aromatic N) is 3. The molecule has 0 fully saturated rings. The monoisotopic (exact) mass is 491 g/mol. The number of methoxy groups -OCH3 is 1. The number of hydrogen-bond donors (Lipinski definition) is 2. The van der Waals surface area contributed by atoms with Crippen molar-refractivity contribution in [2.45, 2.75) is 31.9 Å². The second-order valence-electron chi connectivity index (χ2n) is 8.52. The SMILES string of the molecule is COc1ccc(-c2ccc(CC[C@@H](O)[C@H](CCn3nnc4cccc(F)c4c3=O)C(=O)O)cc2)cc1. The van der Waals surface area contributed by atoms with Crippen LogP contribution in [0.5, 0.6) is 5.75 Å². The van der Waals surface area contributed by atoms with Crippen LogP contribution in [0.3, 0.4) is 0 Å². The van der Waals surface area contributed by atoms with E-state index in [1.165, 1.54) is 12.1 Å². The average molecular weight is 492 g/mol. The second-order valence-corrected chi connectivity index (χ2v) is 8.52. The quantitative estimate of drug-likeness (QED) is 0.348. The van der Waals surface area contributed by atoms with Crippen molar-refractivity contribution in [3.8, 4) is 16.9 Å². The first kappa shape index (κ1) is 25.0. The maximum Gasteiger partial charge on any atom is 0.309 e. The third kappa shape index (κ3) is 5.58. The van der Waals surface area contributed by atoms with Crippen molar-refractivity contribution < 1.29 is 24.1 Å². The molecule has 0 unspecified atom stereocenters. The fourth-order valence-electron chi connectivity index (χ4n) is 4.13. The van der Waals surface area contributed by atoms with E-state index in [0.717, 1.165) is 33.2 Å². The highest BCUT2D eigenvalue weighted by Gasteiger charge is 2.26. The Balaban J connectivity index is 1.38. The highest BCUT2D eigenvalue weighted by atomic mass is 19.1. The van der Waals surface area contributed by atoms with Crippen molar-refractivity contribution in [1.29, 1.82) is 0 Å². The van der Waals surface area contributed by atoms with Crippen LogP contribution < -0.4 is 10.3 Å². The van der Waals surface area contributed by atoms with Crippen LogP contribution in [0.1, 0.15) is 18.4 Å². The lowest BCUT2D eigenvalue weighted by molar-refractivity contribution is -0.146. The molecule has 8 nitrogen and oxygen atoms in total. The summed E-state index contributed by atoms with van der Waals surface area (Å²) in [4.78, 5) is 24.4. The van der Waals surface area contributed by atoms with E-state index < -0.39 is 29.4 Å². The number of carboxylic acids is 1. The fraction of sp³-hybridized carbons (Fsp3) is 0.259. The van der Waals surface area contributed by atoms with E-state index >= 15 is 0 Å². The Morgan fingerprint density at radius 2 is 1.69 bits per heavy atom. The third-order valence-electron chi connectivity index (χ3n) is 6.24. The number of aryl methyl sites for hydroxylation is 2. The van der Waals surface area contributed by atoms with E-state index in [1.807, 2.05) is 48.5 Å². The van der Waals surface area contributed by atoms with Gasteiger partial charge in [0.2, 0.25) is 0 Å². The van der Waals surface area contributed by atoms with Gasteiger partial charge in [0.15, 0.2) is 0 Å². The van der Waals surface area contributed by atoms with E-state index in [2.05, 4.69) is 10.3 Å². The Morgan fingerprint density at radius 3 is 2.33 bits per heavy atom. The molecule has 0 bridgehead atoms. The van der Waals surface area contributed by atoms with Gasteiger partial charge in [0.1, 0.15) is 22.5 Å². The Bertz CT molecular complexity index is 1400. The number of carbonyl (C=O) groups is 1. The predicted octanol–water partition coefficient (Wildman–Crippen LogP) is 3.69. The molecule has 2 N–H and O–H groups in total. The van der Waals surface area contributed by atoms with Gasteiger partial charge >= 0.3 is 5.97 Å². The molecule has 1 aromatic heterocycles. The first-order valence-corrected chi connectivity index (χ1v) is 11.5. The van der Waals surface area contributed by atoms with Crippen LogP contribution in [-0.4, -0.2) is 44.4 Å². The lowest BCUT2D eigenvalue weighted by Gasteiger charge is -2.19. The number of aromatic nitrogens is 3. The summed E-state index contributed by atoms with van der Waals surface area (Å²) in [5.74, 6) is -2.23. The number of carboxylic acid groups (broad SMARTS) is 1. The van der Waals surface area contributed by atoms with Gasteiger partial charge in [0, 0.05) is 6.54 Å². The Kier molecular flexibility index (Phi) is 7.70. The summed E-state index contributed by atoms with van der Waals surface area (Å²) >= 11 is 0. The molecule has 1 heterocycles. The van der Waals surface area contributed by atoms with Crippen LogP contribution >= 0.6 is 0 Å². The predicted molar refractivity (Wildman–Crippen MR) is 132 cm³/mol. The summed E-state index contributed by atoms with van der Waals surface area (Å²) in [6.07, 6.45) is -0.480. The van der Waals surface area contributed by atoms with Crippen molar-refractivity contribution in [3.63, 3.8) is 0 Å². The van der Waals surface area contributed by atoms with E-state index in [-0.39, 0.29) is 30.3 Å². The molecule has 186 valence electrons. The molecule has 0 aliphatic carbocycles. The molecular formula is C27H26FN3O5. The minimum Gasteiger partial charge on any atom is -0.497 e. The lowest BCUT2D eigenvalue weighted by atomic mass is 9.93. The first-order chi connectivity index (χ1) is 17.4. The standard InChI is InChI=1S/C27H26FN3O5/c1-36-20-12-10-19(11-13-20)18-8-5-17(6-9-18)7-14-24(32)21(27(34)35)15-16-31-26(33)25-22(28)3-2-4-23(25)29-30-31/h2-6,8-13,21,24,32H,7,14-16H2,1H3,(H,34,35)/t21-,24+/m0/s1. The highest BCUT2D eigenvalue weighted by Crippen LogP contribution is 2.24. The van der Waals surface area contributed by atoms with Crippen molar-refractivity contribution in [2.75, 3.05) is 7.11 Å². The van der Waals surface area contributed by atoms with Gasteiger partial charge in [0.25, 0.3) is 5.56 Å². The zero-order chi connectivity index (χ0) is 25.7. The third-order valence-corrected chi connectivity index (χ3v) is 6.24. The summed E-state index contributed by atoms with van der Waals surface area (Å²) in [5, 5.41) is 27.7. The summed E-state index contributed by atoms with van der Waals surface area (Å²) in [6.45, 7) is -0.110. The molecule has 0 aliphatic rings. The number of aliphatic carboxylic acids is 1. The maximum absolute atomic E-state index is 14.1. The van der Waals surface area contributed by atoms with Crippen LogP contribution in [0.4, 0.5) is 4.39 Å². The van der Waals surface area contributed by atoms with Gasteiger partial charge in [-0.05, 0) is 60.2 Å². The van der Waals surface area contributed by atoms with Crippen LogP contribution in [0.25, 0.3) is 22.0 Å². The Hall–Kier alpha value is -4.11. The summed E-state index contributed by atoms with van der Waals surface area (Å²) in [6, 6.07) is 19.6. The molecule has 36 heavy (non-hydrogen) atoms. The zero-order valence-corrected chi connectivity index (χ0v) is 19.7. The van der Waals surface area contributed by atoms with Gasteiger partial charge in [-0.1, -0.05) is 47.7 Å². The molecular weight excluding hydrogens is 465 g/mol. The van der Waals surface area contributed by atoms with Gasteiger partial charge < -0.3 is 14.9 Å². The maximum atomic E-state index is 14.1. The normalized spacial score (nSPS) is 12.9. The number of hydrogen-bond acceptors (Lipinski definition) is 6. The first-order valence-electron chi connectivity index (χ1n) is 11.5. The van der Waals surface area contributed by atoms with E-state index in [4.69, 9.17) is 4.74 Å². The van der Waals surface area contributed by atoms with Crippen LogP contribution in [0.15, 0.2) is 71.5 Å². The van der Waals surface area contributed by atoms with Crippen molar-refractivity contribution in [2.24, 2.45) is 5.92 Å². The van der Waals surface area contributed by atoms with Gasteiger partial charge in [-0.25, -0.2) is 9.07 Å². The Labute approximate surface area is 206 Å². The lowest BCUT2D eigenvalue weighted by Crippen LogP contribution is -2.32. The van der Waals surface area contributed by atoms with Crippen molar-refractivity contribution in [1.82, 2.24) is 15.0 Å². The number of halogens is 1. The average Bonchev–Trinajstić information content (AvgIpc) is 2.89. The van der Waals surface area contributed by atoms with Crippen LogP contribution in [0, 0.1) is 11.7 Å². The molecule has 4 rings (SSSR count). The summed E-state index contributed by atoms with van der Waals surface area (Å²) < 4.78 is 20.2. The van der Waals surface area contributed by atoms with Gasteiger partial charge in [-0.15, -0.1) is 5.10 Å². The number of aliphatic hydroxyl groups is 1.